The van der Waals surface area contributed by atoms with Crippen LogP contribution in [0.4, 0.5) is 11.4 Å². The van der Waals surface area contributed by atoms with Gasteiger partial charge in [0, 0.05) is 19.4 Å². The van der Waals surface area contributed by atoms with Crippen molar-refractivity contribution in [3.63, 3.8) is 0 Å². The summed E-state index contributed by atoms with van der Waals surface area (Å²) in [6.45, 7) is 1.73. The Bertz CT molecular complexity index is 856. The molecule has 0 aliphatic heterocycles. The molecule has 2 aromatic heterocycles. The van der Waals surface area contributed by atoms with Crippen molar-refractivity contribution in [3.8, 4) is 11.3 Å². The van der Waals surface area contributed by atoms with Gasteiger partial charge in [0.2, 0.25) is 0 Å². The van der Waals surface area contributed by atoms with Crippen LogP contribution < -0.4 is 5.32 Å². The quantitative estimate of drug-likeness (QED) is 0.498. The number of methoxy groups -OCH3 is 1. The second-order valence-corrected chi connectivity index (χ2v) is 5.38. The zero-order valence-corrected chi connectivity index (χ0v) is 13.7. The van der Waals surface area contributed by atoms with E-state index in [2.05, 4.69) is 10.4 Å². The molecule has 0 fully saturated rings. The van der Waals surface area contributed by atoms with Crippen LogP contribution in [0.15, 0.2) is 53.2 Å². The summed E-state index contributed by atoms with van der Waals surface area (Å²) < 4.78 is 12.5. The van der Waals surface area contributed by atoms with Crippen LogP contribution in [0.3, 0.4) is 0 Å². The Balaban J connectivity index is 1.66. The van der Waals surface area contributed by atoms with Crippen LogP contribution >= 0.6 is 0 Å². The third kappa shape index (κ3) is 4.04. The Morgan fingerprint density at radius 2 is 2.16 bits per heavy atom. The number of hydrogen-bond donors (Lipinski definition) is 1. The van der Waals surface area contributed by atoms with Crippen molar-refractivity contribution in [2.75, 3.05) is 19.0 Å². The van der Waals surface area contributed by atoms with Crippen molar-refractivity contribution < 1.29 is 14.1 Å². The molecule has 8 nitrogen and oxygen atoms in total. The fourth-order valence-corrected chi connectivity index (χ4v) is 2.41. The summed E-state index contributed by atoms with van der Waals surface area (Å²) in [4.78, 5) is 10.7. The molecule has 8 heteroatoms. The smallest absolute Gasteiger partial charge is 0.280 e. The Morgan fingerprint density at radius 1 is 1.32 bits per heavy atom. The summed E-state index contributed by atoms with van der Waals surface area (Å²) in [7, 11) is 1.65. The van der Waals surface area contributed by atoms with Crippen molar-refractivity contribution in [3.05, 3.63) is 64.7 Å². The van der Waals surface area contributed by atoms with Gasteiger partial charge in [-0.3, -0.25) is 14.8 Å². The number of hydrogen-bond acceptors (Lipinski definition) is 6. The molecule has 0 bridgehead atoms. The maximum Gasteiger partial charge on any atom is 0.280 e. The molecule has 0 atom stereocenters. The number of benzene rings is 1. The number of furan rings is 1. The van der Waals surface area contributed by atoms with Gasteiger partial charge in [-0.15, -0.1) is 0 Å². The van der Waals surface area contributed by atoms with Crippen LogP contribution in [0, 0.1) is 10.1 Å². The van der Waals surface area contributed by atoms with E-state index in [0.717, 1.165) is 5.69 Å². The summed E-state index contributed by atoms with van der Waals surface area (Å²) in [6, 6.07) is 10.1. The van der Waals surface area contributed by atoms with E-state index in [0.29, 0.717) is 36.8 Å². The topological polar surface area (TPSA) is 95.4 Å². The molecule has 0 saturated heterocycles. The van der Waals surface area contributed by atoms with E-state index < -0.39 is 4.92 Å². The second kappa shape index (κ2) is 7.63. The number of aromatic nitrogens is 2. The molecule has 1 aromatic carbocycles. The molecule has 0 radical (unpaired) electrons. The minimum Gasteiger partial charge on any atom is -0.459 e. The maximum atomic E-state index is 11.1. The molecule has 0 spiro atoms. The number of para-hydroxylation sites is 1. The highest BCUT2D eigenvalue weighted by Crippen LogP contribution is 2.30. The zero-order chi connectivity index (χ0) is 17.6. The van der Waals surface area contributed by atoms with Gasteiger partial charge in [-0.25, -0.2) is 0 Å². The highest BCUT2D eigenvalue weighted by atomic mass is 16.6. The Morgan fingerprint density at radius 3 is 2.96 bits per heavy atom. The van der Waals surface area contributed by atoms with E-state index in [9.17, 15) is 10.1 Å². The lowest BCUT2D eigenvalue weighted by molar-refractivity contribution is -0.384. The molecular weight excluding hydrogens is 324 g/mol. The van der Waals surface area contributed by atoms with Gasteiger partial charge in [0.05, 0.1) is 42.1 Å². The highest BCUT2D eigenvalue weighted by molar-refractivity contribution is 5.69. The summed E-state index contributed by atoms with van der Waals surface area (Å²) in [5, 5.41) is 18.5. The molecule has 0 unspecified atom stereocenters. The average molecular weight is 342 g/mol. The SMILES string of the molecule is COCCn1cc(NCc2ccc(-c3ccccc3[N+](=O)[O-])o2)cn1. The Labute approximate surface area is 144 Å². The number of anilines is 1. The summed E-state index contributed by atoms with van der Waals surface area (Å²) in [6.07, 6.45) is 3.60. The van der Waals surface area contributed by atoms with E-state index in [-0.39, 0.29) is 5.69 Å². The third-order valence-electron chi connectivity index (χ3n) is 3.65. The number of nitro groups is 1. The first-order valence-electron chi connectivity index (χ1n) is 7.75. The number of nitrogens with one attached hydrogen (secondary N) is 1. The first-order valence-corrected chi connectivity index (χ1v) is 7.75. The molecule has 25 heavy (non-hydrogen) atoms. The van der Waals surface area contributed by atoms with Gasteiger partial charge in [-0.05, 0) is 18.2 Å². The van der Waals surface area contributed by atoms with Crippen molar-refractivity contribution in [1.82, 2.24) is 9.78 Å². The number of nitro benzene ring substituents is 1. The normalized spacial score (nSPS) is 10.8. The molecule has 2 heterocycles. The van der Waals surface area contributed by atoms with Gasteiger partial charge in [0.15, 0.2) is 0 Å². The fraction of sp³-hybridized carbons (Fsp3) is 0.235. The zero-order valence-electron chi connectivity index (χ0n) is 13.7. The molecule has 0 aliphatic rings. The lowest BCUT2D eigenvalue weighted by Crippen LogP contribution is -2.04. The highest BCUT2D eigenvalue weighted by Gasteiger charge is 2.17. The molecule has 3 rings (SSSR count). The lowest BCUT2D eigenvalue weighted by atomic mass is 10.1. The van der Waals surface area contributed by atoms with Gasteiger partial charge < -0.3 is 14.5 Å². The van der Waals surface area contributed by atoms with Gasteiger partial charge in [-0.2, -0.15) is 5.10 Å². The van der Waals surface area contributed by atoms with E-state index >= 15 is 0 Å². The molecule has 1 N–H and O–H groups in total. The van der Waals surface area contributed by atoms with E-state index in [1.54, 1.807) is 48.3 Å². The van der Waals surface area contributed by atoms with Crippen molar-refractivity contribution >= 4 is 11.4 Å². The second-order valence-electron chi connectivity index (χ2n) is 5.38. The fourth-order valence-electron chi connectivity index (χ4n) is 2.41. The average Bonchev–Trinajstić information content (AvgIpc) is 3.27. The lowest BCUT2D eigenvalue weighted by Gasteiger charge is -2.02. The van der Waals surface area contributed by atoms with Crippen LogP contribution in [-0.2, 0) is 17.8 Å². The summed E-state index contributed by atoms with van der Waals surface area (Å²) in [5.41, 5.74) is 1.35. The minimum absolute atomic E-state index is 0.0239. The monoisotopic (exact) mass is 342 g/mol. The standard InChI is InChI=1S/C17H18N4O4/c1-24-9-8-20-12-13(10-19-20)18-11-14-6-7-17(25-14)15-4-2-3-5-16(15)21(22)23/h2-7,10,12,18H,8-9,11H2,1H3. The van der Waals surface area contributed by atoms with E-state index in [4.69, 9.17) is 9.15 Å². The minimum atomic E-state index is -0.413. The van der Waals surface area contributed by atoms with Gasteiger partial charge >= 0.3 is 0 Å². The first kappa shape index (κ1) is 16.7. The number of ether oxygens (including phenoxy) is 1. The van der Waals surface area contributed by atoms with Crippen LogP contribution in [-0.4, -0.2) is 28.4 Å². The predicted octanol–water partition coefficient (Wildman–Crippen LogP) is 3.31. The molecule has 0 aliphatic carbocycles. The number of rotatable bonds is 8. The summed E-state index contributed by atoms with van der Waals surface area (Å²) in [5.74, 6) is 1.15. The van der Waals surface area contributed by atoms with Gasteiger partial charge in [0.25, 0.3) is 5.69 Å². The van der Waals surface area contributed by atoms with Crippen molar-refractivity contribution in [2.24, 2.45) is 0 Å². The molecule has 0 saturated carbocycles. The van der Waals surface area contributed by atoms with Gasteiger partial charge in [-0.1, -0.05) is 12.1 Å². The summed E-state index contributed by atoms with van der Waals surface area (Å²) >= 11 is 0. The molecular formula is C17H18N4O4. The maximum absolute atomic E-state index is 11.1. The molecule has 0 amide bonds. The van der Waals surface area contributed by atoms with Crippen LogP contribution in [0.2, 0.25) is 0 Å². The van der Waals surface area contributed by atoms with Crippen LogP contribution in [0.25, 0.3) is 11.3 Å². The van der Waals surface area contributed by atoms with Crippen molar-refractivity contribution in [2.45, 2.75) is 13.1 Å². The number of nitrogens with zero attached hydrogens (tertiary/aromatic N) is 3. The predicted molar refractivity (Wildman–Crippen MR) is 92.2 cm³/mol. The van der Waals surface area contributed by atoms with Gasteiger partial charge in [0.1, 0.15) is 11.5 Å². The largest absolute Gasteiger partial charge is 0.459 e. The van der Waals surface area contributed by atoms with Crippen LogP contribution in [0.5, 0.6) is 0 Å². The third-order valence-corrected chi connectivity index (χ3v) is 3.65. The van der Waals surface area contributed by atoms with Crippen LogP contribution in [0.1, 0.15) is 5.76 Å². The molecule has 130 valence electrons. The van der Waals surface area contributed by atoms with E-state index in [1.165, 1.54) is 6.07 Å². The Hall–Kier alpha value is -3.13. The Kier molecular flexibility index (Phi) is 5.10. The van der Waals surface area contributed by atoms with E-state index in [1.807, 2.05) is 6.20 Å². The van der Waals surface area contributed by atoms with Crippen molar-refractivity contribution in [1.29, 1.82) is 0 Å². The molecule has 3 aromatic rings. The first-order chi connectivity index (χ1) is 12.2.